The quantitative estimate of drug-likeness (QED) is 0.905. The summed E-state index contributed by atoms with van der Waals surface area (Å²) in [6.07, 6.45) is 0.448. The Labute approximate surface area is 144 Å². The van der Waals surface area contributed by atoms with Gasteiger partial charge in [-0.1, -0.05) is 29.8 Å². The molecule has 0 aliphatic carbocycles. The fraction of sp³-hybridized carbons (Fsp3) is 0.278. The summed E-state index contributed by atoms with van der Waals surface area (Å²) in [4.78, 5) is 4.57. The van der Waals surface area contributed by atoms with E-state index in [1.165, 1.54) is 12.1 Å². The van der Waals surface area contributed by atoms with E-state index < -0.39 is 5.54 Å². The molecule has 0 saturated carbocycles. The van der Waals surface area contributed by atoms with Gasteiger partial charge < -0.3 is 15.2 Å². The number of hydrogen-bond donors (Lipinski definition) is 1. The van der Waals surface area contributed by atoms with E-state index in [-0.39, 0.29) is 17.9 Å². The Morgan fingerprint density at radius 2 is 2.08 bits per heavy atom. The molecule has 2 atom stereocenters. The Kier molecular flexibility index (Phi) is 3.70. The van der Waals surface area contributed by atoms with Gasteiger partial charge in [-0.15, -0.1) is 0 Å². The molecule has 1 saturated heterocycles. The molecule has 4 rings (SSSR count). The third kappa shape index (κ3) is 2.54. The minimum absolute atomic E-state index is 0.185. The lowest BCUT2D eigenvalue weighted by Crippen LogP contribution is -2.44. The van der Waals surface area contributed by atoms with Crippen LogP contribution in [-0.4, -0.2) is 25.3 Å². The highest BCUT2D eigenvalue weighted by Gasteiger charge is 2.49. The standard InChI is InChI=1S/C18H16ClFN2O2/c19-14-7-12(8-15(20)9-14)11-2-1-3-13(6-11)18-4-5-23-10-16(18)24-17(21)22-18/h1-3,6-9,16H,4-5,10H2,(H2,21,22)/t16-,18-/m1/s1. The predicted octanol–water partition coefficient (Wildman–Crippen LogP) is 3.48. The van der Waals surface area contributed by atoms with Gasteiger partial charge in [0.2, 0.25) is 0 Å². The van der Waals surface area contributed by atoms with Gasteiger partial charge >= 0.3 is 0 Å². The molecule has 2 aliphatic heterocycles. The normalized spacial score (nSPS) is 25.8. The van der Waals surface area contributed by atoms with Crippen molar-refractivity contribution >= 4 is 17.6 Å². The summed E-state index contributed by atoms with van der Waals surface area (Å²) in [5.74, 6) is -0.364. The lowest BCUT2D eigenvalue weighted by Gasteiger charge is -2.35. The third-order valence-electron chi connectivity index (χ3n) is 4.56. The maximum Gasteiger partial charge on any atom is 0.283 e. The van der Waals surface area contributed by atoms with E-state index in [1.807, 2.05) is 24.3 Å². The first kappa shape index (κ1) is 15.4. The Morgan fingerprint density at radius 3 is 2.92 bits per heavy atom. The fourth-order valence-corrected chi connectivity index (χ4v) is 3.65. The monoisotopic (exact) mass is 346 g/mol. The largest absolute Gasteiger partial charge is 0.457 e. The maximum absolute atomic E-state index is 13.7. The second kappa shape index (κ2) is 5.76. The number of aliphatic imine (C=N–C) groups is 1. The molecular weight excluding hydrogens is 331 g/mol. The van der Waals surface area contributed by atoms with Crippen molar-refractivity contribution in [2.45, 2.75) is 18.1 Å². The SMILES string of the molecule is NC1=N[C@@]2(c3cccc(-c4cc(F)cc(Cl)c4)c3)CCOC[C@H]2O1. The summed E-state index contributed by atoms with van der Waals surface area (Å²) in [5, 5.41) is 0.365. The summed E-state index contributed by atoms with van der Waals surface area (Å²) >= 11 is 5.98. The zero-order valence-corrected chi connectivity index (χ0v) is 13.6. The van der Waals surface area contributed by atoms with E-state index in [9.17, 15) is 4.39 Å². The summed E-state index contributed by atoms with van der Waals surface area (Å²) < 4.78 is 24.8. The Hall–Kier alpha value is -2.11. The average Bonchev–Trinajstić information content (AvgIpc) is 2.91. The molecule has 2 aliphatic rings. The fourth-order valence-electron chi connectivity index (χ4n) is 3.43. The van der Waals surface area contributed by atoms with Crippen LogP contribution in [0.1, 0.15) is 12.0 Å². The summed E-state index contributed by atoms with van der Waals surface area (Å²) in [6, 6.07) is 12.5. The molecule has 0 radical (unpaired) electrons. The van der Waals surface area contributed by atoms with Gasteiger partial charge in [0, 0.05) is 18.1 Å². The molecular formula is C18H16ClFN2O2. The van der Waals surface area contributed by atoms with Crippen molar-refractivity contribution in [2.75, 3.05) is 13.2 Å². The van der Waals surface area contributed by atoms with E-state index in [2.05, 4.69) is 4.99 Å². The molecule has 2 aromatic rings. The molecule has 124 valence electrons. The van der Waals surface area contributed by atoms with Crippen LogP contribution < -0.4 is 5.73 Å². The molecule has 0 bridgehead atoms. The molecule has 6 heteroatoms. The second-order valence-electron chi connectivity index (χ2n) is 6.04. The minimum Gasteiger partial charge on any atom is -0.457 e. The van der Waals surface area contributed by atoms with Gasteiger partial charge in [0.05, 0.1) is 6.61 Å². The number of rotatable bonds is 2. The zero-order valence-electron chi connectivity index (χ0n) is 12.8. The molecule has 2 N–H and O–H groups in total. The van der Waals surface area contributed by atoms with Gasteiger partial charge in [0.15, 0.2) is 6.10 Å². The van der Waals surface area contributed by atoms with Crippen LogP contribution in [0.4, 0.5) is 4.39 Å². The Morgan fingerprint density at radius 1 is 1.21 bits per heavy atom. The Balaban J connectivity index is 1.80. The van der Waals surface area contributed by atoms with Crippen LogP contribution >= 0.6 is 11.6 Å². The Bertz CT molecular complexity index is 806. The molecule has 0 spiro atoms. The van der Waals surface area contributed by atoms with Crippen molar-refractivity contribution in [1.82, 2.24) is 0 Å². The molecule has 4 nitrogen and oxygen atoms in total. The molecule has 1 fully saturated rings. The van der Waals surface area contributed by atoms with Gasteiger partial charge in [0.1, 0.15) is 11.4 Å². The molecule has 2 heterocycles. The van der Waals surface area contributed by atoms with E-state index in [4.69, 9.17) is 26.8 Å². The highest BCUT2D eigenvalue weighted by molar-refractivity contribution is 6.30. The number of nitrogens with two attached hydrogens (primary N) is 1. The van der Waals surface area contributed by atoms with Gasteiger partial charge in [-0.05, 0) is 41.0 Å². The summed E-state index contributed by atoms with van der Waals surface area (Å²) in [7, 11) is 0. The number of halogens is 2. The lowest BCUT2D eigenvalue weighted by atomic mass is 9.80. The average molecular weight is 347 g/mol. The van der Waals surface area contributed by atoms with Gasteiger partial charge in [-0.2, -0.15) is 0 Å². The van der Waals surface area contributed by atoms with E-state index in [0.717, 1.165) is 16.7 Å². The van der Waals surface area contributed by atoms with Crippen LogP contribution in [0.15, 0.2) is 47.5 Å². The third-order valence-corrected chi connectivity index (χ3v) is 4.78. The van der Waals surface area contributed by atoms with Crippen LogP contribution in [0.3, 0.4) is 0 Å². The van der Waals surface area contributed by atoms with Crippen molar-refractivity contribution < 1.29 is 13.9 Å². The maximum atomic E-state index is 13.7. The van der Waals surface area contributed by atoms with E-state index >= 15 is 0 Å². The second-order valence-corrected chi connectivity index (χ2v) is 6.48. The highest BCUT2D eigenvalue weighted by Crippen LogP contribution is 2.42. The topological polar surface area (TPSA) is 56.8 Å². The first-order valence-electron chi connectivity index (χ1n) is 7.73. The zero-order chi connectivity index (χ0) is 16.7. The van der Waals surface area contributed by atoms with Crippen LogP contribution in [0.5, 0.6) is 0 Å². The molecule has 0 unspecified atom stereocenters. The smallest absolute Gasteiger partial charge is 0.283 e. The minimum atomic E-state index is -0.546. The molecule has 0 aromatic heterocycles. The highest BCUT2D eigenvalue weighted by atomic mass is 35.5. The summed E-state index contributed by atoms with van der Waals surface area (Å²) in [5.41, 5.74) is 7.84. The first-order valence-corrected chi connectivity index (χ1v) is 8.11. The lowest BCUT2D eigenvalue weighted by molar-refractivity contribution is -0.0339. The van der Waals surface area contributed by atoms with Crippen molar-refractivity contribution in [3.63, 3.8) is 0 Å². The van der Waals surface area contributed by atoms with E-state index in [0.29, 0.717) is 24.7 Å². The number of benzene rings is 2. The van der Waals surface area contributed by atoms with Crippen molar-refractivity contribution in [1.29, 1.82) is 0 Å². The first-order chi connectivity index (χ1) is 11.6. The molecule has 0 amide bonds. The number of hydrogen-bond acceptors (Lipinski definition) is 4. The van der Waals surface area contributed by atoms with Crippen LogP contribution in [0, 0.1) is 5.82 Å². The number of ether oxygens (including phenoxy) is 2. The van der Waals surface area contributed by atoms with Gasteiger partial charge in [-0.25, -0.2) is 9.38 Å². The number of nitrogens with zero attached hydrogens (tertiary/aromatic N) is 1. The summed E-state index contributed by atoms with van der Waals surface area (Å²) in [6.45, 7) is 1.03. The predicted molar refractivity (Wildman–Crippen MR) is 90.5 cm³/mol. The van der Waals surface area contributed by atoms with Crippen LogP contribution in [-0.2, 0) is 15.0 Å². The number of fused-ring (bicyclic) bond motifs is 1. The van der Waals surface area contributed by atoms with Crippen LogP contribution in [0.25, 0.3) is 11.1 Å². The van der Waals surface area contributed by atoms with Crippen molar-refractivity contribution in [2.24, 2.45) is 10.7 Å². The van der Waals surface area contributed by atoms with Crippen LogP contribution in [0.2, 0.25) is 5.02 Å². The van der Waals surface area contributed by atoms with Gasteiger partial charge in [-0.3, -0.25) is 0 Å². The molecule has 24 heavy (non-hydrogen) atoms. The van der Waals surface area contributed by atoms with Crippen molar-refractivity contribution in [3.05, 3.63) is 58.9 Å². The van der Waals surface area contributed by atoms with Crippen molar-refractivity contribution in [3.8, 4) is 11.1 Å². The van der Waals surface area contributed by atoms with E-state index in [1.54, 1.807) is 6.07 Å². The van der Waals surface area contributed by atoms with Gasteiger partial charge in [0.25, 0.3) is 6.02 Å². The molecule has 2 aromatic carbocycles. The number of amidine groups is 1.